The lowest BCUT2D eigenvalue weighted by atomic mass is 10.1. The van der Waals surface area contributed by atoms with E-state index in [0.717, 1.165) is 13.0 Å². The minimum atomic E-state index is -0.0941. The predicted octanol–water partition coefficient (Wildman–Crippen LogP) is 1.58. The van der Waals surface area contributed by atoms with E-state index in [1.54, 1.807) is 16.6 Å². The zero-order valence-electron chi connectivity index (χ0n) is 14.8. The average Bonchev–Trinajstić information content (AvgIpc) is 3.50. The number of carbonyl (C=O) groups is 1. The second-order valence-electron chi connectivity index (χ2n) is 6.82. The van der Waals surface area contributed by atoms with Crippen molar-refractivity contribution in [3.8, 4) is 11.4 Å². The van der Waals surface area contributed by atoms with Crippen LogP contribution < -0.4 is 15.6 Å². The summed E-state index contributed by atoms with van der Waals surface area (Å²) in [6.45, 7) is 1.70. The van der Waals surface area contributed by atoms with Crippen LogP contribution in [0.25, 0.3) is 5.69 Å². The number of hydrogen-bond acceptors (Lipinski definition) is 5. The van der Waals surface area contributed by atoms with Crippen LogP contribution >= 0.6 is 0 Å². The highest BCUT2D eigenvalue weighted by Crippen LogP contribution is 2.30. The van der Waals surface area contributed by atoms with Crippen molar-refractivity contribution in [3.05, 3.63) is 45.9 Å². The standard InChI is InChI=1S/C19H22N4O3/c1-26-17-5-3-2-4-16(17)23-18(25)14-8-9-22(12-24)11-15(14)21-19(23)20-10-13-6-7-13/h2-5,12-13H,6-11H2,1H3,(H,20,21). The van der Waals surface area contributed by atoms with Gasteiger partial charge in [-0.2, -0.15) is 0 Å². The number of benzene rings is 1. The molecule has 7 nitrogen and oxygen atoms in total. The van der Waals surface area contributed by atoms with E-state index < -0.39 is 0 Å². The molecule has 1 N–H and O–H groups in total. The van der Waals surface area contributed by atoms with Crippen molar-refractivity contribution >= 4 is 12.4 Å². The molecule has 1 aromatic heterocycles. The zero-order valence-corrected chi connectivity index (χ0v) is 14.8. The molecule has 1 saturated carbocycles. The van der Waals surface area contributed by atoms with E-state index >= 15 is 0 Å². The SMILES string of the molecule is COc1ccccc1-n1c(NCC2CC2)nc2c(c1=O)CCN(C=O)C2. The van der Waals surface area contributed by atoms with Crippen LogP contribution in [-0.2, 0) is 17.8 Å². The van der Waals surface area contributed by atoms with E-state index in [2.05, 4.69) is 5.32 Å². The number of nitrogens with one attached hydrogen (secondary N) is 1. The molecule has 2 aliphatic rings. The number of aromatic nitrogens is 2. The lowest BCUT2D eigenvalue weighted by Crippen LogP contribution is -2.37. The van der Waals surface area contributed by atoms with Gasteiger partial charge >= 0.3 is 0 Å². The fraction of sp³-hybridized carbons (Fsp3) is 0.421. The van der Waals surface area contributed by atoms with Crippen molar-refractivity contribution in [2.45, 2.75) is 25.8 Å². The molecular formula is C19H22N4O3. The molecule has 4 rings (SSSR count). The monoisotopic (exact) mass is 354 g/mol. The molecule has 1 aromatic carbocycles. The highest BCUT2D eigenvalue weighted by Gasteiger charge is 2.26. The van der Waals surface area contributed by atoms with Gasteiger partial charge in [-0.3, -0.25) is 9.59 Å². The molecule has 0 radical (unpaired) electrons. The molecule has 2 heterocycles. The van der Waals surface area contributed by atoms with Crippen molar-refractivity contribution < 1.29 is 9.53 Å². The van der Waals surface area contributed by atoms with Crippen LogP contribution in [0.15, 0.2) is 29.1 Å². The molecule has 7 heteroatoms. The Morgan fingerprint density at radius 1 is 1.35 bits per heavy atom. The summed E-state index contributed by atoms with van der Waals surface area (Å²) in [5.41, 5.74) is 1.93. The normalized spacial score (nSPS) is 16.1. The molecule has 0 spiro atoms. The van der Waals surface area contributed by atoms with Gasteiger partial charge in [-0.1, -0.05) is 12.1 Å². The average molecular weight is 354 g/mol. The first-order chi connectivity index (χ1) is 12.7. The Morgan fingerprint density at radius 2 is 2.15 bits per heavy atom. The Morgan fingerprint density at radius 3 is 2.88 bits per heavy atom. The topological polar surface area (TPSA) is 76.5 Å². The number of ether oxygens (including phenoxy) is 1. The Kier molecular flexibility index (Phi) is 4.36. The van der Waals surface area contributed by atoms with Gasteiger partial charge in [0, 0.05) is 18.7 Å². The number of para-hydroxylation sites is 2. The highest BCUT2D eigenvalue weighted by molar-refractivity contribution is 5.53. The molecule has 1 fully saturated rings. The largest absolute Gasteiger partial charge is 0.495 e. The van der Waals surface area contributed by atoms with Crippen LogP contribution in [0.3, 0.4) is 0 Å². The Hall–Kier alpha value is -2.83. The summed E-state index contributed by atoms with van der Waals surface area (Å²) in [5, 5.41) is 3.34. The van der Waals surface area contributed by atoms with Crippen LogP contribution in [0, 0.1) is 5.92 Å². The summed E-state index contributed by atoms with van der Waals surface area (Å²) in [4.78, 5) is 30.8. The van der Waals surface area contributed by atoms with Gasteiger partial charge in [0.1, 0.15) is 5.75 Å². The second-order valence-corrected chi connectivity index (χ2v) is 6.82. The molecule has 0 bridgehead atoms. The summed E-state index contributed by atoms with van der Waals surface area (Å²) in [7, 11) is 1.59. The van der Waals surface area contributed by atoms with Crippen molar-refractivity contribution in [3.63, 3.8) is 0 Å². The Bertz CT molecular complexity index is 889. The number of hydrogen-bond donors (Lipinski definition) is 1. The predicted molar refractivity (Wildman–Crippen MR) is 97.8 cm³/mol. The molecule has 26 heavy (non-hydrogen) atoms. The fourth-order valence-electron chi connectivity index (χ4n) is 3.31. The van der Waals surface area contributed by atoms with E-state index in [0.29, 0.717) is 54.1 Å². The minimum Gasteiger partial charge on any atom is -0.495 e. The lowest BCUT2D eigenvalue weighted by Gasteiger charge is -2.26. The number of nitrogens with zero attached hydrogens (tertiary/aromatic N) is 3. The van der Waals surface area contributed by atoms with Gasteiger partial charge in [0.2, 0.25) is 12.4 Å². The number of amides is 1. The number of fused-ring (bicyclic) bond motifs is 1. The first-order valence-electron chi connectivity index (χ1n) is 8.92. The van der Waals surface area contributed by atoms with Crippen LogP contribution in [0.1, 0.15) is 24.1 Å². The van der Waals surface area contributed by atoms with Gasteiger partial charge in [-0.25, -0.2) is 9.55 Å². The van der Waals surface area contributed by atoms with Crippen LogP contribution in [0.5, 0.6) is 5.75 Å². The van der Waals surface area contributed by atoms with Gasteiger partial charge in [0.15, 0.2) is 0 Å². The van der Waals surface area contributed by atoms with Gasteiger partial charge in [0.05, 0.1) is 25.0 Å². The van der Waals surface area contributed by atoms with E-state index in [1.807, 2.05) is 24.3 Å². The summed E-state index contributed by atoms with van der Waals surface area (Å²) in [5.74, 6) is 1.77. The first kappa shape index (κ1) is 16.6. The Balaban J connectivity index is 1.85. The fourth-order valence-corrected chi connectivity index (χ4v) is 3.31. The van der Waals surface area contributed by atoms with Crippen LogP contribution in [0.4, 0.5) is 5.95 Å². The Labute approximate surface area is 151 Å². The van der Waals surface area contributed by atoms with Crippen molar-refractivity contribution in [2.75, 3.05) is 25.5 Å². The van der Waals surface area contributed by atoms with Gasteiger partial charge in [-0.05, 0) is 37.3 Å². The minimum absolute atomic E-state index is 0.0941. The van der Waals surface area contributed by atoms with Gasteiger partial charge < -0.3 is 15.0 Å². The smallest absolute Gasteiger partial charge is 0.263 e. The van der Waals surface area contributed by atoms with Crippen LogP contribution in [-0.4, -0.2) is 41.1 Å². The van der Waals surface area contributed by atoms with Crippen LogP contribution in [0.2, 0.25) is 0 Å². The number of rotatable bonds is 6. The first-order valence-corrected chi connectivity index (χ1v) is 8.92. The molecule has 0 atom stereocenters. The van der Waals surface area contributed by atoms with E-state index in [9.17, 15) is 9.59 Å². The summed E-state index contributed by atoms with van der Waals surface area (Å²) in [6, 6.07) is 7.44. The number of carbonyl (C=O) groups excluding carboxylic acids is 1. The third-order valence-electron chi connectivity index (χ3n) is 4.99. The van der Waals surface area contributed by atoms with Crippen molar-refractivity contribution in [1.29, 1.82) is 0 Å². The molecule has 2 aromatic rings. The molecule has 1 aliphatic carbocycles. The maximum Gasteiger partial charge on any atom is 0.263 e. The van der Waals surface area contributed by atoms with E-state index in [4.69, 9.17) is 9.72 Å². The molecule has 0 unspecified atom stereocenters. The molecule has 1 aliphatic heterocycles. The highest BCUT2D eigenvalue weighted by atomic mass is 16.5. The third kappa shape index (κ3) is 3.05. The molecule has 0 saturated heterocycles. The van der Waals surface area contributed by atoms with Crippen molar-refractivity contribution in [1.82, 2.24) is 14.5 Å². The molecular weight excluding hydrogens is 332 g/mol. The van der Waals surface area contributed by atoms with Gasteiger partial charge in [0.25, 0.3) is 5.56 Å². The van der Waals surface area contributed by atoms with Gasteiger partial charge in [-0.15, -0.1) is 0 Å². The molecule has 1 amide bonds. The summed E-state index contributed by atoms with van der Waals surface area (Å²) >= 11 is 0. The maximum absolute atomic E-state index is 13.3. The molecule has 136 valence electrons. The second kappa shape index (κ2) is 6.82. The summed E-state index contributed by atoms with van der Waals surface area (Å²) in [6.07, 6.45) is 3.73. The third-order valence-corrected chi connectivity index (χ3v) is 4.99. The van der Waals surface area contributed by atoms with E-state index in [1.165, 1.54) is 12.8 Å². The quantitative estimate of drug-likeness (QED) is 0.797. The maximum atomic E-state index is 13.3. The van der Waals surface area contributed by atoms with Crippen molar-refractivity contribution in [2.24, 2.45) is 5.92 Å². The lowest BCUT2D eigenvalue weighted by molar-refractivity contribution is -0.119. The zero-order chi connectivity index (χ0) is 18.1. The number of methoxy groups -OCH3 is 1. The number of anilines is 1. The van der Waals surface area contributed by atoms with E-state index in [-0.39, 0.29) is 5.56 Å². The summed E-state index contributed by atoms with van der Waals surface area (Å²) < 4.78 is 7.06.